The smallest absolute Gasteiger partial charge is 0.206 e. The Morgan fingerprint density at radius 1 is 1.35 bits per heavy atom. The lowest BCUT2D eigenvalue weighted by molar-refractivity contribution is 0.104. The van der Waals surface area contributed by atoms with Crippen molar-refractivity contribution < 1.29 is 9.53 Å². The minimum absolute atomic E-state index is 0.0412. The number of hydrogen-bond acceptors (Lipinski definition) is 5. The molecule has 4 nitrogen and oxygen atoms in total. The van der Waals surface area contributed by atoms with Crippen molar-refractivity contribution in [3.05, 3.63) is 40.4 Å². The molecule has 0 N–H and O–H groups in total. The zero-order valence-electron chi connectivity index (χ0n) is 9.64. The largest absolute Gasteiger partial charge is 0.494 e. The molecule has 0 saturated carbocycles. The molecule has 0 spiro atoms. The maximum atomic E-state index is 12.1. The molecule has 1 aromatic heterocycles. The van der Waals surface area contributed by atoms with Crippen LogP contribution in [-0.4, -0.2) is 22.0 Å². The van der Waals surface area contributed by atoms with Crippen LogP contribution in [0.3, 0.4) is 0 Å². The predicted molar refractivity (Wildman–Crippen MR) is 65.7 cm³/mol. The molecular weight excluding hydrogens is 236 g/mol. The van der Waals surface area contributed by atoms with Crippen LogP contribution in [0.25, 0.3) is 0 Å². The molecule has 0 fully saturated rings. The lowest BCUT2D eigenvalue weighted by atomic mass is 10.1. The van der Waals surface area contributed by atoms with Crippen molar-refractivity contribution in [1.29, 1.82) is 0 Å². The molecular formula is C12H12N2O2S. The van der Waals surface area contributed by atoms with Gasteiger partial charge in [0.1, 0.15) is 10.6 Å². The fourth-order valence-corrected chi connectivity index (χ4v) is 2.06. The molecule has 2 rings (SSSR count). The van der Waals surface area contributed by atoms with Gasteiger partial charge in [0.15, 0.2) is 0 Å². The Hall–Kier alpha value is -1.75. The van der Waals surface area contributed by atoms with Crippen molar-refractivity contribution in [2.24, 2.45) is 0 Å². The second kappa shape index (κ2) is 5.05. The first-order valence-corrected chi connectivity index (χ1v) is 6.06. The van der Waals surface area contributed by atoms with Crippen LogP contribution < -0.4 is 4.74 Å². The minimum Gasteiger partial charge on any atom is -0.494 e. The Morgan fingerprint density at radius 2 is 2.06 bits per heavy atom. The average Bonchev–Trinajstić information content (AvgIpc) is 2.76. The molecule has 0 amide bonds. The molecule has 0 unspecified atom stereocenters. The summed E-state index contributed by atoms with van der Waals surface area (Å²) in [6.07, 6.45) is 0. The van der Waals surface area contributed by atoms with E-state index in [1.54, 1.807) is 31.2 Å². The summed E-state index contributed by atoms with van der Waals surface area (Å²) in [5.74, 6) is 0.726. The first kappa shape index (κ1) is 11.7. The standard InChI is InChI=1S/C12H12N2O2S/c1-3-16-10-6-4-9(5-7-10)11(15)12-8(2)13-14-17-12/h4-7H,3H2,1-2H3. The van der Waals surface area contributed by atoms with Crippen LogP contribution in [0.4, 0.5) is 0 Å². The van der Waals surface area contributed by atoms with Gasteiger partial charge in [-0.05, 0) is 49.6 Å². The van der Waals surface area contributed by atoms with Gasteiger partial charge in [-0.1, -0.05) is 4.49 Å². The highest BCUT2D eigenvalue weighted by atomic mass is 32.1. The van der Waals surface area contributed by atoms with Crippen molar-refractivity contribution in [3.8, 4) is 5.75 Å². The number of ketones is 1. The molecule has 17 heavy (non-hydrogen) atoms. The second-order valence-electron chi connectivity index (χ2n) is 3.47. The fourth-order valence-electron chi connectivity index (χ4n) is 1.44. The zero-order valence-corrected chi connectivity index (χ0v) is 10.5. The molecule has 0 aliphatic carbocycles. The van der Waals surface area contributed by atoms with Gasteiger partial charge < -0.3 is 4.74 Å². The van der Waals surface area contributed by atoms with Crippen LogP contribution in [0.5, 0.6) is 5.75 Å². The summed E-state index contributed by atoms with van der Waals surface area (Å²) in [4.78, 5) is 12.7. The number of benzene rings is 1. The fraction of sp³-hybridized carbons (Fsp3) is 0.250. The number of nitrogens with zero attached hydrogens (tertiary/aromatic N) is 2. The van der Waals surface area contributed by atoms with Gasteiger partial charge in [-0.2, -0.15) is 0 Å². The molecule has 0 atom stereocenters. The van der Waals surface area contributed by atoms with Crippen LogP contribution in [0.15, 0.2) is 24.3 Å². The monoisotopic (exact) mass is 248 g/mol. The minimum atomic E-state index is -0.0412. The van der Waals surface area contributed by atoms with E-state index in [4.69, 9.17) is 4.74 Å². The first-order chi connectivity index (χ1) is 8.22. The van der Waals surface area contributed by atoms with Gasteiger partial charge in [0.2, 0.25) is 5.78 Å². The molecule has 0 aliphatic rings. The van der Waals surface area contributed by atoms with E-state index >= 15 is 0 Å². The molecule has 1 aromatic carbocycles. The van der Waals surface area contributed by atoms with Gasteiger partial charge >= 0.3 is 0 Å². The summed E-state index contributed by atoms with van der Waals surface area (Å²) in [6.45, 7) is 4.32. The molecule has 5 heteroatoms. The molecule has 0 radical (unpaired) electrons. The lowest BCUT2D eigenvalue weighted by Gasteiger charge is -2.03. The van der Waals surface area contributed by atoms with E-state index < -0.39 is 0 Å². The maximum Gasteiger partial charge on any atom is 0.206 e. The SMILES string of the molecule is CCOc1ccc(C(=O)c2snnc2C)cc1. The topological polar surface area (TPSA) is 52.1 Å². The Morgan fingerprint density at radius 3 is 2.59 bits per heavy atom. The number of hydrogen-bond donors (Lipinski definition) is 0. The van der Waals surface area contributed by atoms with Crippen molar-refractivity contribution >= 4 is 17.3 Å². The average molecular weight is 248 g/mol. The lowest BCUT2D eigenvalue weighted by Crippen LogP contribution is -2.01. The zero-order chi connectivity index (χ0) is 12.3. The quantitative estimate of drug-likeness (QED) is 0.780. The van der Waals surface area contributed by atoms with Crippen LogP contribution >= 0.6 is 11.5 Å². The van der Waals surface area contributed by atoms with Gasteiger partial charge in [0.25, 0.3) is 0 Å². The molecule has 0 aliphatic heterocycles. The van der Waals surface area contributed by atoms with Gasteiger partial charge in [-0.25, -0.2) is 0 Å². The normalized spacial score (nSPS) is 10.2. The highest BCUT2D eigenvalue weighted by Gasteiger charge is 2.15. The third-order valence-corrected chi connectivity index (χ3v) is 3.11. The van der Waals surface area contributed by atoms with Gasteiger partial charge in [0.05, 0.1) is 12.3 Å². The summed E-state index contributed by atoms with van der Waals surface area (Å²) >= 11 is 1.13. The Labute approximate surface area is 103 Å². The molecule has 2 aromatic rings. The predicted octanol–water partition coefficient (Wildman–Crippen LogP) is 2.48. The molecule has 0 bridgehead atoms. The van der Waals surface area contributed by atoms with Crippen LogP contribution in [0, 0.1) is 6.92 Å². The van der Waals surface area contributed by atoms with E-state index in [-0.39, 0.29) is 5.78 Å². The van der Waals surface area contributed by atoms with Crippen LogP contribution in [0.1, 0.15) is 27.9 Å². The van der Waals surface area contributed by atoms with Gasteiger partial charge in [0, 0.05) is 5.56 Å². The van der Waals surface area contributed by atoms with Crippen LogP contribution in [0.2, 0.25) is 0 Å². The summed E-state index contributed by atoms with van der Waals surface area (Å²) < 4.78 is 9.08. The first-order valence-electron chi connectivity index (χ1n) is 5.29. The Kier molecular flexibility index (Phi) is 3.49. The van der Waals surface area contributed by atoms with Crippen molar-refractivity contribution in [2.75, 3.05) is 6.61 Å². The van der Waals surface area contributed by atoms with Crippen molar-refractivity contribution in [3.63, 3.8) is 0 Å². The van der Waals surface area contributed by atoms with E-state index in [1.807, 2.05) is 6.92 Å². The van der Waals surface area contributed by atoms with E-state index in [2.05, 4.69) is 9.59 Å². The number of rotatable bonds is 4. The van der Waals surface area contributed by atoms with Crippen molar-refractivity contribution in [1.82, 2.24) is 9.59 Å². The summed E-state index contributed by atoms with van der Waals surface area (Å²) in [5, 5.41) is 3.83. The summed E-state index contributed by atoms with van der Waals surface area (Å²) in [7, 11) is 0. The van der Waals surface area contributed by atoms with Crippen LogP contribution in [-0.2, 0) is 0 Å². The van der Waals surface area contributed by atoms with Gasteiger partial charge in [-0.3, -0.25) is 4.79 Å². The van der Waals surface area contributed by atoms with E-state index in [0.717, 1.165) is 17.3 Å². The summed E-state index contributed by atoms with van der Waals surface area (Å²) in [5.41, 5.74) is 1.30. The van der Waals surface area contributed by atoms with E-state index in [0.29, 0.717) is 22.7 Å². The third kappa shape index (κ3) is 2.50. The highest BCUT2D eigenvalue weighted by Crippen LogP contribution is 2.18. The van der Waals surface area contributed by atoms with E-state index in [9.17, 15) is 4.79 Å². The van der Waals surface area contributed by atoms with E-state index in [1.165, 1.54) is 0 Å². The maximum absolute atomic E-state index is 12.1. The highest BCUT2D eigenvalue weighted by molar-refractivity contribution is 7.08. The van der Waals surface area contributed by atoms with Crippen molar-refractivity contribution in [2.45, 2.75) is 13.8 Å². The third-order valence-electron chi connectivity index (χ3n) is 2.29. The number of carbonyl (C=O) groups is 1. The van der Waals surface area contributed by atoms with Gasteiger partial charge in [-0.15, -0.1) is 5.10 Å². The Bertz CT molecular complexity index is 520. The molecule has 0 saturated heterocycles. The Balaban J connectivity index is 2.23. The summed E-state index contributed by atoms with van der Waals surface area (Å²) in [6, 6.07) is 7.10. The number of carbonyl (C=O) groups excluding carboxylic acids is 1. The number of aromatic nitrogens is 2. The number of aryl methyl sites for hydroxylation is 1. The molecule has 88 valence electrons. The number of ether oxygens (including phenoxy) is 1. The molecule has 1 heterocycles. The second-order valence-corrected chi connectivity index (χ2v) is 4.23.